The van der Waals surface area contributed by atoms with E-state index in [-0.39, 0.29) is 0 Å². The Hall–Kier alpha value is -1.52. The van der Waals surface area contributed by atoms with Gasteiger partial charge in [-0.1, -0.05) is 6.92 Å². The molecule has 19 heavy (non-hydrogen) atoms. The molecule has 0 aromatic carbocycles. The minimum absolute atomic E-state index is 0.685. The summed E-state index contributed by atoms with van der Waals surface area (Å²) in [5.74, 6) is 1.88. The Bertz CT molecular complexity index is 415. The van der Waals surface area contributed by atoms with Crippen LogP contribution in [-0.2, 0) is 13.6 Å². The smallest absolute Gasteiger partial charge is 0.194 e. The molecule has 0 radical (unpaired) electrons. The average Bonchev–Trinajstić information content (AvgIpc) is 2.81. The van der Waals surface area contributed by atoms with Crippen molar-refractivity contribution in [3.05, 3.63) is 18.0 Å². The lowest BCUT2D eigenvalue weighted by atomic mass is 10.00. The molecule has 0 aliphatic carbocycles. The molecule has 1 aromatic heterocycles. The van der Waals surface area contributed by atoms with Crippen LogP contribution >= 0.6 is 0 Å². The number of aliphatic imine (C=N–C) groups is 1. The van der Waals surface area contributed by atoms with Gasteiger partial charge in [0.05, 0.1) is 12.2 Å². The van der Waals surface area contributed by atoms with Gasteiger partial charge in [0, 0.05) is 32.9 Å². The highest BCUT2D eigenvalue weighted by Crippen LogP contribution is 2.16. The Morgan fingerprint density at radius 3 is 2.79 bits per heavy atom. The van der Waals surface area contributed by atoms with Crippen LogP contribution in [0.2, 0.25) is 0 Å². The molecular formula is C14H25N5. The highest BCUT2D eigenvalue weighted by atomic mass is 15.3. The van der Waals surface area contributed by atoms with Crippen LogP contribution in [0.4, 0.5) is 0 Å². The Morgan fingerprint density at radius 1 is 1.47 bits per heavy atom. The average molecular weight is 263 g/mol. The van der Waals surface area contributed by atoms with E-state index in [9.17, 15) is 0 Å². The highest BCUT2D eigenvalue weighted by Gasteiger charge is 2.18. The molecule has 0 saturated carbocycles. The minimum Gasteiger partial charge on any atom is -0.357 e. The van der Waals surface area contributed by atoms with Crippen molar-refractivity contribution in [3.8, 4) is 0 Å². The lowest BCUT2D eigenvalue weighted by Crippen LogP contribution is -2.45. The van der Waals surface area contributed by atoms with Crippen LogP contribution in [0.15, 0.2) is 17.3 Å². The number of nitrogens with one attached hydrogen (secondary N) is 1. The predicted octanol–water partition coefficient (Wildman–Crippen LogP) is 1.62. The SMILES string of the molecule is CCNC(=NCc1ccnn1C)N1CCC(C)CC1. The Labute approximate surface area is 115 Å². The van der Waals surface area contributed by atoms with Crippen LogP contribution in [0.1, 0.15) is 32.4 Å². The van der Waals surface area contributed by atoms with Crippen LogP contribution in [0.25, 0.3) is 0 Å². The molecule has 1 aliphatic heterocycles. The maximum atomic E-state index is 4.74. The maximum Gasteiger partial charge on any atom is 0.194 e. The summed E-state index contributed by atoms with van der Waals surface area (Å²) in [5, 5.41) is 7.57. The summed E-state index contributed by atoms with van der Waals surface area (Å²) in [6.07, 6.45) is 4.34. The summed E-state index contributed by atoms with van der Waals surface area (Å²) < 4.78 is 1.88. The monoisotopic (exact) mass is 263 g/mol. The topological polar surface area (TPSA) is 45.5 Å². The quantitative estimate of drug-likeness (QED) is 0.666. The molecule has 1 aromatic rings. The summed E-state index contributed by atoms with van der Waals surface area (Å²) in [7, 11) is 1.96. The summed E-state index contributed by atoms with van der Waals surface area (Å²) in [6, 6.07) is 2.02. The van der Waals surface area contributed by atoms with Gasteiger partial charge < -0.3 is 10.2 Å². The van der Waals surface area contributed by atoms with E-state index in [0.29, 0.717) is 6.54 Å². The molecule has 1 aliphatic rings. The van der Waals surface area contributed by atoms with Crippen molar-refractivity contribution in [1.82, 2.24) is 20.0 Å². The van der Waals surface area contributed by atoms with Gasteiger partial charge in [0.1, 0.15) is 0 Å². The van der Waals surface area contributed by atoms with E-state index in [2.05, 4.69) is 29.2 Å². The first kappa shape index (κ1) is 13.9. The number of aryl methyl sites for hydroxylation is 1. The molecule has 5 heteroatoms. The second kappa shape index (κ2) is 6.59. The number of aromatic nitrogens is 2. The first-order valence-corrected chi connectivity index (χ1v) is 7.20. The molecule has 1 fully saturated rings. The normalized spacial score (nSPS) is 17.8. The molecular weight excluding hydrogens is 238 g/mol. The van der Waals surface area contributed by atoms with Crippen LogP contribution in [0.3, 0.4) is 0 Å². The zero-order chi connectivity index (χ0) is 13.7. The fourth-order valence-electron chi connectivity index (χ4n) is 2.36. The summed E-state index contributed by atoms with van der Waals surface area (Å²) >= 11 is 0. The van der Waals surface area contributed by atoms with E-state index in [4.69, 9.17) is 4.99 Å². The molecule has 2 heterocycles. The Balaban J connectivity index is 2.00. The molecule has 5 nitrogen and oxygen atoms in total. The van der Waals surface area contributed by atoms with Crippen molar-refractivity contribution in [1.29, 1.82) is 0 Å². The van der Waals surface area contributed by atoms with Crippen molar-refractivity contribution in [2.75, 3.05) is 19.6 Å². The maximum absolute atomic E-state index is 4.74. The van der Waals surface area contributed by atoms with Crippen LogP contribution in [-0.4, -0.2) is 40.3 Å². The first-order chi connectivity index (χ1) is 9.20. The molecule has 1 saturated heterocycles. The summed E-state index contributed by atoms with van der Waals surface area (Å²) in [4.78, 5) is 7.11. The van der Waals surface area contributed by atoms with Crippen LogP contribution in [0, 0.1) is 5.92 Å². The van der Waals surface area contributed by atoms with E-state index < -0.39 is 0 Å². The zero-order valence-corrected chi connectivity index (χ0v) is 12.3. The van der Waals surface area contributed by atoms with Crippen molar-refractivity contribution in [2.24, 2.45) is 18.0 Å². The number of rotatable bonds is 3. The van der Waals surface area contributed by atoms with Gasteiger partial charge in [-0.05, 0) is 31.7 Å². The lowest BCUT2D eigenvalue weighted by molar-refractivity contribution is 0.273. The van der Waals surface area contributed by atoms with E-state index in [1.807, 2.05) is 24.0 Å². The van der Waals surface area contributed by atoms with Crippen molar-refractivity contribution >= 4 is 5.96 Å². The molecule has 1 N–H and O–H groups in total. The molecule has 106 valence electrons. The molecule has 0 amide bonds. The van der Waals surface area contributed by atoms with Crippen LogP contribution in [0.5, 0.6) is 0 Å². The second-order valence-electron chi connectivity index (χ2n) is 5.29. The third kappa shape index (κ3) is 3.72. The molecule has 0 unspecified atom stereocenters. The van der Waals surface area contributed by atoms with Gasteiger partial charge in [-0.25, -0.2) is 4.99 Å². The number of hydrogen-bond donors (Lipinski definition) is 1. The number of piperidine rings is 1. The highest BCUT2D eigenvalue weighted by molar-refractivity contribution is 5.80. The summed E-state index contributed by atoms with van der Waals surface area (Å²) in [6.45, 7) is 8.27. The first-order valence-electron chi connectivity index (χ1n) is 7.20. The van der Waals surface area contributed by atoms with Gasteiger partial charge in [-0.15, -0.1) is 0 Å². The molecule has 2 rings (SSSR count). The van der Waals surface area contributed by atoms with Crippen molar-refractivity contribution in [3.63, 3.8) is 0 Å². The largest absolute Gasteiger partial charge is 0.357 e. The van der Waals surface area contributed by atoms with Gasteiger partial charge in [-0.3, -0.25) is 4.68 Å². The van der Waals surface area contributed by atoms with Crippen LogP contribution < -0.4 is 5.32 Å². The van der Waals surface area contributed by atoms with E-state index in [0.717, 1.165) is 37.2 Å². The van der Waals surface area contributed by atoms with Crippen molar-refractivity contribution in [2.45, 2.75) is 33.2 Å². The van der Waals surface area contributed by atoms with Gasteiger partial charge in [0.2, 0.25) is 0 Å². The lowest BCUT2D eigenvalue weighted by Gasteiger charge is -2.33. The van der Waals surface area contributed by atoms with Crippen molar-refractivity contribution < 1.29 is 0 Å². The van der Waals surface area contributed by atoms with E-state index in [1.165, 1.54) is 12.8 Å². The molecule has 0 spiro atoms. The Morgan fingerprint density at radius 2 is 2.21 bits per heavy atom. The Kier molecular flexibility index (Phi) is 4.82. The number of hydrogen-bond acceptors (Lipinski definition) is 2. The fraction of sp³-hybridized carbons (Fsp3) is 0.714. The fourth-order valence-corrected chi connectivity index (χ4v) is 2.36. The van der Waals surface area contributed by atoms with E-state index >= 15 is 0 Å². The predicted molar refractivity (Wildman–Crippen MR) is 78.0 cm³/mol. The third-order valence-electron chi connectivity index (χ3n) is 3.73. The third-order valence-corrected chi connectivity index (χ3v) is 3.73. The standard InChI is InChI=1S/C14H25N5/c1-4-15-14(19-9-6-12(2)7-10-19)16-11-13-5-8-17-18(13)3/h5,8,12H,4,6-7,9-11H2,1-3H3,(H,15,16). The van der Waals surface area contributed by atoms with Gasteiger partial charge in [-0.2, -0.15) is 5.10 Å². The number of likely N-dealkylation sites (tertiary alicyclic amines) is 1. The minimum atomic E-state index is 0.685. The van der Waals surface area contributed by atoms with E-state index in [1.54, 1.807) is 0 Å². The second-order valence-corrected chi connectivity index (χ2v) is 5.29. The molecule has 0 bridgehead atoms. The number of guanidine groups is 1. The summed E-state index contributed by atoms with van der Waals surface area (Å²) in [5.41, 5.74) is 1.14. The van der Waals surface area contributed by atoms with Gasteiger partial charge in [0.15, 0.2) is 5.96 Å². The zero-order valence-electron chi connectivity index (χ0n) is 12.3. The number of nitrogens with zero attached hydrogens (tertiary/aromatic N) is 4. The van der Waals surface area contributed by atoms with Gasteiger partial charge in [0.25, 0.3) is 0 Å². The van der Waals surface area contributed by atoms with Gasteiger partial charge >= 0.3 is 0 Å². The molecule has 0 atom stereocenters.